The van der Waals surface area contributed by atoms with Crippen LogP contribution in [0, 0.1) is 11.6 Å². The summed E-state index contributed by atoms with van der Waals surface area (Å²) in [5.41, 5.74) is 4.79. The average Bonchev–Trinajstić information content (AvgIpc) is 2.27. The number of anilines is 1. The highest BCUT2D eigenvalue weighted by Crippen LogP contribution is 2.25. The number of aromatic nitrogens is 2. The summed E-state index contributed by atoms with van der Waals surface area (Å²) in [6.45, 7) is 0. The minimum Gasteiger partial charge on any atom is -0.394 e. The molecule has 0 bridgehead atoms. The van der Waals surface area contributed by atoms with Gasteiger partial charge in [-0.05, 0) is 18.2 Å². The molecule has 0 fully saturated rings. The Balaban J connectivity index is 2.60. The third-order valence-electron chi connectivity index (χ3n) is 1.93. The average molecular weight is 207 g/mol. The molecule has 1 heterocycles. The summed E-state index contributed by atoms with van der Waals surface area (Å²) >= 11 is 0. The first-order chi connectivity index (χ1) is 7.20. The van der Waals surface area contributed by atoms with E-state index in [1.807, 2.05) is 0 Å². The molecule has 2 aromatic rings. The van der Waals surface area contributed by atoms with E-state index < -0.39 is 17.3 Å². The lowest BCUT2D eigenvalue weighted by Crippen LogP contribution is -1.99. The van der Waals surface area contributed by atoms with Crippen LogP contribution in [0.4, 0.5) is 14.5 Å². The Labute approximate surface area is 84.6 Å². The van der Waals surface area contributed by atoms with Crippen molar-refractivity contribution in [1.82, 2.24) is 9.97 Å². The van der Waals surface area contributed by atoms with E-state index in [2.05, 4.69) is 9.97 Å². The van der Waals surface area contributed by atoms with Crippen LogP contribution in [0.15, 0.2) is 30.6 Å². The summed E-state index contributed by atoms with van der Waals surface area (Å²) in [5, 5.41) is 0. The fourth-order valence-electron chi connectivity index (χ4n) is 1.18. The van der Waals surface area contributed by atoms with Crippen molar-refractivity contribution in [3.8, 4) is 11.4 Å². The molecule has 3 nitrogen and oxygen atoms in total. The third kappa shape index (κ3) is 1.63. The Morgan fingerprint density at radius 1 is 1.07 bits per heavy atom. The van der Waals surface area contributed by atoms with E-state index in [1.165, 1.54) is 18.5 Å². The maximum absolute atomic E-state index is 13.5. The van der Waals surface area contributed by atoms with Gasteiger partial charge in [-0.2, -0.15) is 0 Å². The van der Waals surface area contributed by atoms with Gasteiger partial charge in [0.2, 0.25) is 0 Å². The zero-order chi connectivity index (χ0) is 10.8. The van der Waals surface area contributed by atoms with E-state index in [4.69, 9.17) is 5.73 Å². The molecule has 0 amide bonds. The fourth-order valence-corrected chi connectivity index (χ4v) is 1.18. The molecule has 0 unspecified atom stereocenters. The molecule has 0 radical (unpaired) electrons. The first-order valence-electron chi connectivity index (χ1n) is 4.21. The molecule has 0 atom stereocenters. The van der Waals surface area contributed by atoms with Gasteiger partial charge in [0.05, 0.1) is 5.56 Å². The summed E-state index contributed by atoms with van der Waals surface area (Å²) in [6, 6.07) is 3.95. The molecule has 2 N–H and O–H groups in total. The Hall–Kier alpha value is -2.04. The highest BCUT2D eigenvalue weighted by Gasteiger charge is 2.13. The van der Waals surface area contributed by atoms with Crippen LogP contribution in [0.5, 0.6) is 0 Å². The van der Waals surface area contributed by atoms with Crippen molar-refractivity contribution < 1.29 is 8.78 Å². The normalized spacial score (nSPS) is 10.3. The zero-order valence-electron chi connectivity index (χ0n) is 7.61. The van der Waals surface area contributed by atoms with Crippen LogP contribution < -0.4 is 5.73 Å². The molecular formula is C10H7F2N3. The standard InChI is InChI=1S/C10H7F2N3/c11-7-3-2-6(8(12)9(7)13)10-14-4-1-5-15-10/h1-5H,13H2. The van der Waals surface area contributed by atoms with Gasteiger partial charge in [-0.15, -0.1) is 0 Å². The fraction of sp³-hybridized carbons (Fsp3) is 0. The monoisotopic (exact) mass is 207 g/mol. The second kappa shape index (κ2) is 3.61. The van der Waals surface area contributed by atoms with Crippen LogP contribution in [0.25, 0.3) is 11.4 Å². The van der Waals surface area contributed by atoms with Crippen LogP contribution in [-0.4, -0.2) is 9.97 Å². The highest BCUT2D eigenvalue weighted by atomic mass is 19.1. The van der Waals surface area contributed by atoms with E-state index in [0.29, 0.717) is 0 Å². The summed E-state index contributed by atoms with van der Waals surface area (Å²) in [5.74, 6) is -1.44. The van der Waals surface area contributed by atoms with Crippen LogP contribution in [0.3, 0.4) is 0 Å². The van der Waals surface area contributed by atoms with Crippen molar-refractivity contribution in [1.29, 1.82) is 0 Å². The number of benzene rings is 1. The third-order valence-corrected chi connectivity index (χ3v) is 1.93. The number of rotatable bonds is 1. The van der Waals surface area contributed by atoms with Crippen LogP contribution in [-0.2, 0) is 0 Å². The molecule has 5 heteroatoms. The minimum atomic E-state index is -0.832. The molecular weight excluding hydrogens is 200 g/mol. The largest absolute Gasteiger partial charge is 0.394 e. The van der Waals surface area contributed by atoms with Crippen molar-refractivity contribution in [2.45, 2.75) is 0 Å². The molecule has 1 aromatic carbocycles. The van der Waals surface area contributed by atoms with Crippen LogP contribution in [0.2, 0.25) is 0 Å². The van der Waals surface area contributed by atoms with Gasteiger partial charge in [0.15, 0.2) is 11.6 Å². The van der Waals surface area contributed by atoms with Crippen LogP contribution >= 0.6 is 0 Å². The molecule has 0 aliphatic heterocycles. The van der Waals surface area contributed by atoms with Gasteiger partial charge >= 0.3 is 0 Å². The van der Waals surface area contributed by atoms with E-state index in [9.17, 15) is 8.78 Å². The second-order valence-electron chi connectivity index (χ2n) is 2.90. The van der Waals surface area contributed by atoms with Crippen molar-refractivity contribution >= 4 is 5.69 Å². The molecule has 2 rings (SSSR count). The number of nitrogen functional groups attached to an aromatic ring is 1. The van der Waals surface area contributed by atoms with Crippen LogP contribution in [0.1, 0.15) is 0 Å². The summed E-state index contributed by atoms with van der Waals surface area (Å²) in [7, 11) is 0. The van der Waals surface area contributed by atoms with E-state index in [0.717, 1.165) is 6.07 Å². The van der Waals surface area contributed by atoms with Crippen molar-refractivity contribution in [3.05, 3.63) is 42.2 Å². The number of nitrogens with two attached hydrogens (primary N) is 1. The smallest absolute Gasteiger partial charge is 0.162 e. The van der Waals surface area contributed by atoms with Gasteiger partial charge in [0.1, 0.15) is 11.5 Å². The lowest BCUT2D eigenvalue weighted by atomic mass is 10.1. The summed E-state index contributed by atoms with van der Waals surface area (Å²) in [4.78, 5) is 7.70. The van der Waals surface area contributed by atoms with E-state index in [1.54, 1.807) is 6.07 Å². The van der Waals surface area contributed by atoms with Crippen molar-refractivity contribution in [2.75, 3.05) is 5.73 Å². The first kappa shape index (κ1) is 9.51. The zero-order valence-corrected chi connectivity index (χ0v) is 7.61. The highest BCUT2D eigenvalue weighted by molar-refractivity contribution is 5.62. The predicted molar refractivity (Wildman–Crippen MR) is 51.8 cm³/mol. The Kier molecular flexibility index (Phi) is 2.29. The first-order valence-corrected chi connectivity index (χ1v) is 4.21. The molecule has 0 aliphatic carbocycles. The van der Waals surface area contributed by atoms with Crippen molar-refractivity contribution in [3.63, 3.8) is 0 Å². The summed E-state index contributed by atoms with van der Waals surface area (Å²) < 4.78 is 26.4. The number of nitrogens with zero attached hydrogens (tertiary/aromatic N) is 2. The lowest BCUT2D eigenvalue weighted by Gasteiger charge is -2.04. The molecule has 0 spiro atoms. The molecule has 0 saturated carbocycles. The quantitative estimate of drug-likeness (QED) is 0.727. The minimum absolute atomic E-state index is 0.0921. The van der Waals surface area contributed by atoms with E-state index >= 15 is 0 Å². The molecule has 0 saturated heterocycles. The molecule has 1 aromatic heterocycles. The maximum Gasteiger partial charge on any atom is 0.162 e. The second-order valence-corrected chi connectivity index (χ2v) is 2.90. The van der Waals surface area contributed by atoms with Crippen molar-refractivity contribution in [2.24, 2.45) is 0 Å². The lowest BCUT2D eigenvalue weighted by molar-refractivity contribution is 0.593. The Morgan fingerprint density at radius 2 is 1.73 bits per heavy atom. The number of halogens is 2. The van der Waals surface area contributed by atoms with Gasteiger partial charge in [0.25, 0.3) is 0 Å². The van der Waals surface area contributed by atoms with Gasteiger partial charge in [-0.1, -0.05) is 0 Å². The summed E-state index contributed by atoms with van der Waals surface area (Å²) in [6.07, 6.45) is 2.95. The number of hydrogen-bond donors (Lipinski definition) is 1. The van der Waals surface area contributed by atoms with Gasteiger partial charge in [0, 0.05) is 12.4 Å². The molecule has 15 heavy (non-hydrogen) atoms. The van der Waals surface area contributed by atoms with Gasteiger partial charge in [-0.25, -0.2) is 18.7 Å². The molecule has 0 aliphatic rings. The Morgan fingerprint density at radius 3 is 2.40 bits per heavy atom. The number of hydrogen-bond acceptors (Lipinski definition) is 3. The SMILES string of the molecule is Nc1c(F)ccc(-c2ncccn2)c1F. The molecule has 76 valence electrons. The van der Waals surface area contributed by atoms with Gasteiger partial charge in [-0.3, -0.25) is 0 Å². The predicted octanol–water partition coefficient (Wildman–Crippen LogP) is 2.00. The Bertz CT molecular complexity index is 486. The maximum atomic E-state index is 13.5. The van der Waals surface area contributed by atoms with Gasteiger partial charge < -0.3 is 5.73 Å². The van der Waals surface area contributed by atoms with E-state index in [-0.39, 0.29) is 11.4 Å². The topological polar surface area (TPSA) is 51.8 Å².